The van der Waals surface area contributed by atoms with Gasteiger partial charge in [0.15, 0.2) is 0 Å². The summed E-state index contributed by atoms with van der Waals surface area (Å²) in [7, 11) is 1.65. The highest BCUT2D eigenvalue weighted by molar-refractivity contribution is 7.99. The Kier molecular flexibility index (Phi) is 8.04. The van der Waals surface area contributed by atoms with E-state index in [0.29, 0.717) is 12.1 Å². The van der Waals surface area contributed by atoms with E-state index >= 15 is 0 Å². The molecule has 1 fully saturated rings. The Morgan fingerprint density at radius 2 is 1.79 bits per heavy atom. The third-order valence-corrected chi connectivity index (χ3v) is 6.43. The molecule has 0 aliphatic heterocycles. The van der Waals surface area contributed by atoms with Crippen molar-refractivity contribution in [3.8, 4) is 5.75 Å². The number of rotatable bonds is 8. The van der Waals surface area contributed by atoms with Gasteiger partial charge < -0.3 is 10.1 Å². The molecule has 4 heteroatoms. The van der Waals surface area contributed by atoms with Gasteiger partial charge in [0.25, 0.3) is 5.91 Å². The second-order valence-electron chi connectivity index (χ2n) is 7.08. The van der Waals surface area contributed by atoms with Crippen molar-refractivity contribution in [3.05, 3.63) is 65.7 Å². The van der Waals surface area contributed by atoms with Crippen molar-refractivity contribution in [2.24, 2.45) is 0 Å². The van der Waals surface area contributed by atoms with Crippen LogP contribution in [0, 0.1) is 0 Å². The van der Waals surface area contributed by atoms with Gasteiger partial charge in [-0.3, -0.25) is 4.79 Å². The first-order valence-electron chi connectivity index (χ1n) is 10.1. The zero-order valence-electron chi connectivity index (χ0n) is 16.5. The molecular formula is C24H29NO2S. The number of carbonyl (C=O) groups excluding carboxylic acids is 1. The van der Waals surface area contributed by atoms with Crippen molar-refractivity contribution in [1.29, 1.82) is 0 Å². The van der Waals surface area contributed by atoms with E-state index in [2.05, 4.69) is 5.32 Å². The summed E-state index contributed by atoms with van der Waals surface area (Å²) in [6.45, 7) is 0.701. The van der Waals surface area contributed by atoms with E-state index in [1.807, 2.05) is 72.4 Å². The fourth-order valence-corrected chi connectivity index (χ4v) is 4.70. The van der Waals surface area contributed by atoms with Crippen LogP contribution in [-0.4, -0.2) is 30.6 Å². The number of hydrogen-bond acceptors (Lipinski definition) is 3. The Labute approximate surface area is 172 Å². The minimum absolute atomic E-state index is 0.0220. The number of carbonyl (C=O) groups is 1. The molecule has 1 saturated carbocycles. The maximum atomic E-state index is 12.9. The molecule has 1 aliphatic carbocycles. The van der Waals surface area contributed by atoms with Crippen LogP contribution in [0.3, 0.4) is 0 Å². The molecule has 28 heavy (non-hydrogen) atoms. The number of thioether (sulfide) groups is 1. The first kappa shape index (κ1) is 20.5. The van der Waals surface area contributed by atoms with Crippen molar-refractivity contribution in [3.63, 3.8) is 0 Å². The molecule has 0 heterocycles. The lowest BCUT2D eigenvalue weighted by Gasteiger charge is -2.21. The van der Waals surface area contributed by atoms with E-state index in [1.165, 1.54) is 32.1 Å². The van der Waals surface area contributed by atoms with Crippen molar-refractivity contribution in [2.45, 2.75) is 37.4 Å². The first-order valence-corrected chi connectivity index (χ1v) is 11.1. The molecular weight excluding hydrogens is 366 g/mol. The molecule has 1 N–H and O–H groups in total. The monoisotopic (exact) mass is 395 g/mol. The summed E-state index contributed by atoms with van der Waals surface area (Å²) < 4.78 is 5.22. The summed E-state index contributed by atoms with van der Waals surface area (Å²) in [6.07, 6.45) is 8.68. The standard InChI is InChI=1S/C24H29NO2S/c1-27-21-14-12-19(13-15-21)18-23(20-8-4-2-5-9-20)24(26)25-16-17-28-22-10-6-3-7-11-22/h2,4-5,8-9,12-15,18,22H,3,6-7,10-11,16-17H2,1H3,(H,25,26)/b23-18-. The van der Waals surface area contributed by atoms with Crippen LogP contribution >= 0.6 is 11.8 Å². The van der Waals surface area contributed by atoms with Crippen LogP contribution in [0.25, 0.3) is 11.6 Å². The first-order chi connectivity index (χ1) is 13.8. The van der Waals surface area contributed by atoms with Gasteiger partial charge in [-0.25, -0.2) is 0 Å². The molecule has 148 valence electrons. The Balaban J connectivity index is 1.64. The summed E-state index contributed by atoms with van der Waals surface area (Å²) in [6, 6.07) is 17.6. The van der Waals surface area contributed by atoms with Gasteiger partial charge in [-0.15, -0.1) is 0 Å². The fraction of sp³-hybridized carbons (Fsp3) is 0.375. The van der Waals surface area contributed by atoms with Crippen LogP contribution < -0.4 is 10.1 Å². The summed E-state index contributed by atoms with van der Waals surface area (Å²) >= 11 is 2.01. The second-order valence-corrected chi connectivity index (χ2v) is 8.49. The lowest BCUT2D eigenvalue weighted by Crippen LogP contribution is -2.27. The molecule has 0 bridgehead atoms. The number of ether oxygens (including phenoxy) is 1. The van der Waals surface area contributed by atoms with Crippen molar-refractivity contribution < 1.29 is 9.53 Å². The van der Waals surface area contributed by atoms with Gasteiger partial charge in [-0.2, -0.15) is 11.8 Å². The Morgan fingerprint density at radius 1 is 1.07 bits per heavy atom. The molecule has 0 spiro atoms. The average Bonchev–Trinajstić information content (AvgIpc) is 2.76. The molecule has 0 unspecified atom stereocenters. The van der Waals surface area contributed by atoms with Gasteiger partial charge in [0.2, 0.25) is 0 Å². The molecule has 0 atom stereocenters. The number of nitrogens with one attached hydrogen (secondary N) is 1. The highest BCUT2D eigenvalue weighted by Crippen LogP contribution is 2.28. The summed E-state index contributed by atoms with van der Waals surface area (Å²) in [5.74, 6) is 1.76. The predicted molar refractivity (Wildman–Crippen MR) is 120 cm³/mol. The van der Waals surface area contributed by atoms with E-state index < -0.39 is 0 Å². The van der Waals surface area contributed by atoms with Gasteiger partial charge in [0, 0.05) is 23.1 Å². The predicted octanol–water partition coefficient (Wildman–Crippen LogP) is 5.42. The summed E-state index contributed by atoms with van der Waals surface area (Å²) in [5, 5.41) is 3.88. The van der Waals surface area contributed by atoms with E-state index in [9.17, 15) is 4.79 Å². The van der Waals surface area contributed by atoms with Crippen LogP contribution in [0.5, 0.6) is 5.75 Å². The third-order valence-electron chi connectivity index (χ3n) is 5.05. The largest absolute Gasteiger partial charge is 0.497 e. The fourth-order valence-electron chi connectivity index (χ4n) is 3.48. The topological polar surface area (TPSA) is 38.3 Å². The van der Waals surface area contributed by atoms with Gasteiger partial charge in [-0.05, 0) is 42.2 Å². The van der Waals surface area contributed by atoms with E-state index in [-0.39, 0.29) is 5.91 Å². The lowest BCUT2D eigenvalue weighted by atomic mass is 10.0. The zero-order chi connectivity index (χ0) is 19.6. The molecule has 2 aromatic carbocycles. The Morgan fingerprint density at radius 3 is 2.46 bits per heavy atom. The van der Waals surface area contributed by atoms with Gasteiger partial charge in [0.1, 0.15) is 5.75 Å². The maximum Gasteiger partial charge on any atom is 0.251 e. The van der Waals surface area contributed by atoms with E-state index in [4.69, 9.17) is 4.74 Å². The molecule has 0 radical (unpaired) electrons. The second kappa shape index (κ2) is 11.0. The average molecular weight is 396 g/mol. The highest BCUT2D eigenvalue weighted by Gasteiger charge is 2.15. The van der Waals surface area contributed by atoms with Crippen LogP contribution in [0.4, 0.5) is 0 Å². The molecule has 1 amide bonds. The van der Waals surface area contributed by atoms with Gasteiger partial charge >= 0.3 is 0 Å². The van der Waals surface area contributed by atoms with Crippen LogP contribution in [-0.2, 0) is 4.79 Å². The lowest BCUT2D eigenvalue weighted by molar-refractivity contribution is -0.115. The third kappa shape index (κ3) is 6.16. The van der Waals surface area contributed by atoms with E-state index in [0.717, 1.165) is 27.9 Å². The quantitative estimate of drug-likeness (QED) is 0.368. The van der Waals surface area contributed by atoms with Gasteiger partial charge in [-0.1, -0.05) is 61.7 Å². The maximum absolute atomic E-state index is 12.9. The summed E-state index contributed by atoms with van der Waals surface area (Å²) in [5.41, 5.74) is 2.59. The number of benzene rings is 2. The van der Waals surface area contributed by atoms with Crippen LogP contribution in [0.2, 0.25) is 0 Å². The smallest absolute Gasteiger partial charge is 0.251 e. The van der Waals surface area contributed by atoms with Crippen LogP contribution in [0.15, 0.2) is 54.6 Å². The SMILES string of the molecule is COc1ccc(/C=C(\C(=O)NCCSC2CCCCC2)c2ccccc2)cc1. The van der Waals surface area contributed by atoms with Crippen LogP contribution in [0.1, 0.15) is 43.2 Å². The number of hydrogen-bond donors (Lipinski definition) is 1. The number of methoxy groups -OCH3 is 1. The van der Waals surface area contributed by atoms with Crippen molar-refractivity contribution >= 4 is 29.3 Å². The van der Waals surface area contributed by atoms with Gasteiger partial charge in [0.05, 0.1) is 7.11 Å². The van der Waals surface area contributed by atoms with Crippen molar-refractivity contribution in [1.82, 2.24) is 5.32 Å². The minimum Gasteiger partial charge on any atom is -0.497 e. The molecule has 2 aromatic rings. The molecule has 0 aromatic heterocycles. The van der Waals surface area contributed by atoms with E-state index in [1.54, 1.807) is 7.11 Å². The molecule has 3 nitrogen and oxygen atoms in total. The highest BCUT2D eigenvalue weighted by atomic mass is 32.2. The normalized spacial score (nSPS) is 15.2. The minimum atomic E-state index is -0.0220. The molecule has 3 rings (SSSR count). The zero-order valence-corrected chi connectivity index (χ0v) is 17.3. The molecule has 1 aliphatic rings. The number of amides is 1. The Bertz CT molecular complexity index is 765. The summed E-state index contributed by atoms with van der Waals surface area (Å²) in [4.78, 5) is 12.9. The molecule has 0 saturated heterocycles. The Hall–Kier alpha value is -2.20. The van der Waals surface area contributed by atoms with Crippen molar-refractivity contribution in [2.75, 3.05) is 19.4 Å².